The Morgan fingerprint density at radius 1 is 1.00 bits per heavy atom. The zero-order valence-corrected chi connectivity index (χ0v) is 13.6. The summed E-state index contributed by atoms with van der Waals surface area (Å²) in [7, 11) is 0. The van der Waals surface area contributed by atoms with Crippen LogP contribution in [0.15, 0.2) is 0 Å². The second-order valence-corrected chi connectivity index (χ2v) is 9.02. The summed E-state index contributed by atoms with van der Waals surface area (Å²) >= 11 is 0. The number of hydrogen-bond acceptors (Lipinski definition) is 1. The topological polar surface area (TPSA) is 12.0 Å². The van der Waals surface area contributed by atoms with Crippen molar-refractivity contribution in [3.63, 3.8) is 0 Å². The molecule has 1 heteroatoms. The van der Waals surface area contributed by atoms with Crippen LogP contribution in [-0.2, 0) is 0 Å². The lowest BCUT2D eigenvalue weighted by molar-refractivity contribution is 0.0778. The molecule has 3 aliphatic carbocycles. The average molecular weight is 263 g/mol. The lowest BCUT2D eigenvalue weighted by Gasteiger charge is -2.47. The van der Waals surface area contributed by atoms with Crippen molar-refractivity contribution in [2.45, 2.75) is 85.2 Å². The minimum atomic E-state index is 0.510. The first-order chi connectivity index (χ1) is 8.83. The van der Waals surface area contributed by atoms with Crippen LogP contribution in [0.5, 0.6) is 0 Å². The average Bonchev–Trinajstić information content (AvgIpc) is 2.78. The minimum absolute atomic E-state index is 0.510. The van der Waals surface area contributed by atoms with Crippen molar-refractivity contribution < 1.29 is 0 Å². The van der Waals surface area contributed by atoms with Gasteiger partial charge in [-0.2, -0.15) is 0 Å². The second kappa shape index (κ2) is 4.48. The molecule has 0 aromatic rings. The summed E-state index contributed by atoms with van der Waals surface area (Å²) in [6.07, 6.45) is 8.64. The first-order valence-corrected chi connectivity index (χ1v) is 8.59. The Bertz CT molecular complexity index is 343. The van der Waals surface area contributed by atoms with Gasteiger partial charge in [-0.1, -0.05) is 34.6 Å². The van der Waals surface area contributed by atoms with E-state index >= 15 is 0 Å². The molecule has 0 aromatic carbocycles. The summed E-state index contributed by atoms with van der Waals surface area (Å²) in [6.45, 7) is 12.5. The molecule has 3 rings (SSSR count). The van der Waals surface area contributed by atoms with Gasteiger partial charge in [-0.05, 0) is 67.1 Å². The van der Waals surface area contributed by atoms with Crippen LogP contribution in [0.2, 0.25) is 0 Å². The third-order valence-electron chi connectivity index (χ3n) is 7.08. The van der Waals surface area contributed by atoms with E-state index < -0.39 is 0 Å². The maximum Gasteiger partial charge on any atom is 0.0177 e. The molecule has 2 bridgehead atoms. The fourth-order valence-corrected chi connectivity index (χ4v) is 5.85. The molecule has 6 unspecified atom stereocenters. The van der Waals surface area contributed by atoms with Crippen molar-refractivity contribution in [1.29, 1.82) is 0 Å². The van der Waals surface area contributed by atoms with Gasteiger partial charge in [-0.15, -0.1) is 0 Å². The number of rotatable bonds is 2. The zero-order chi connectivity index (χ0) is 13.8. The molecule has 0 aromatic heterocycles. The van der Waals surface area contributed by atoms with E-state index in [1.807, 2.05) is 0 Å². The van der Waals surface area contributed by atoms with Crippen LogP contribution in [0.1, 0.15) is 73.1 Å². The molecule has 0 saturated heterocycles. The molecule has 110 valence electrons. The number of nitrogens with one attached hydrogen (secondary N) is 1. The van der Waals surface area contributed by atoms with Gasteiger partial charge >= 0.3 is 0 Å². The fraction of sp³-hybridized carbons (Fsp3) is 1.00. The largest absolute Gasteiger partial charge is 0.310 e. The summed E-state index contributed by atoms with van der Waals surface area (Å²) in [5, 5.41) is 4.15. The highest BCUT2D eigenvalue weighted by Gasteiger charge is 2.59. The van der Waals surface area contributed by atoms with E-state index in [1.165, 1.54) is 38.5 Å². The Morgan fingerprint density at radius 3 is 2.32 bits per heavy atom. The van der Waals surface area contributed by atoms with Crippen molar-refractivity contribution in [3.05, 3.63) is 0 Å². The van der Waals surface area contributed by atoms with E-state index in [4.69, 9.17) is 0 Å². The van der Waals surface area contributed by atoms with E-state index in [-0.39, 0.29) is 0 Å². The molecule has 1 N–H and O–H groups in total. The highest BCUT2D eigenvalue weighted by Crippen LogP contribution is 2.62. The Labute approximate surface area is 119 Å². The third-order valence-corrected chi connectivity index (χ3v) is 7.08. The van der Waals surface area contributed by atoms with E-state index in [0.717, 1.165) is 29.8 Å². The van der Waals surface area contributed by atoms with Crippen molar-refractivity contribution in [3.8, 4) is 0 Å². The standard InChI is InChI=1S/C18H33N/c1-12-6-7-15(13(2)10-12)19-16-17(3,4)14-8-9-18(16,5)11-14/h12-16,19H,6-11H2,1-5H3. The van der Waals surface area contributed by atoms with Crippen LogP contribution >= 0.6 is 0 Å². The van der Waals surface area contributed by atoms with Crippen LogP contribution < -0.4 is 5.32 Å². The predicted octanol–water partition coefficient (Wildman–Crippen LogP) is 4.62. The van der Waals surface area contributed by atoms with E-state index in [0.29, 0.717) is 10.8 Å². The molecule has 19 heavy (non-hydrogen) atoms. The number of fused-ring (bicyclic) bond motifs is 2. The van der Waals surface area contributed by atoms with Crippen LogP contribution in [0.3, 0.4) is 0 Å². The van der Waals surface area contributed by atoms with Crippen LogP contribution in [-0.4, -0.2) is 12.1 Å². The molecule has 3 aliphatic rings. The summed E-state index contributed by atoms with van der Waals surface area (Å²) in [5.74, 6) is 2.77. The van der Waals surface area contributed by atoms with Gasteiger partial charge in [0.05, 0.1) is 0 Å². The Morgan fingerprint density at radius 2 is 1.74 bits per heavy atom. The fourth-order valence-electron chi connectivity index (χ4n) is 5.85. The molecule has 1 nitrogen and oxygen atoms in total. The maximum atomic E-state index is 4.15. The van der Waals surface area contributed by atoms with Gasteiger partial charge < -0.3 is 5.32 Å². The summed E-state index contributed by atoms with van der Waals surface area (Å²) in [4.78, 5) is 0. The molecule has 0 aliphatic heterocycles. The van der Waals surface area contributed by atoms with Crippen LogP contribution in [0.25, 0.3) is 0 Å². The van der Waals surface area contributed by atoms with Gasteiger partial charge in [0.25, 0.3) is 0 Å². The van der Waals surface area contributed by atoms with Gasteiger partial charge in [0.2, 0.25) is 0 Å². The lowest BCUT2D eigenvalue weighted by atomic mass is 9.67. The van der Waals surface area contributed by atoms with Crippen LogP contribution in [0.4, 0.5) is 0 Å². The van der Waals surface area contributed by atoms with E-state index in [2.05, 4.69) is 39.9 Å². The van der Waals surface area contributed by atoms with Gasteiger partial charge in [-0.3, -0.25) is 0 Å². The smallest absolute Gasteiger partial charge is 0.0177 e. The van der Waals surface area contributed by atoms with Crippen molar-refractivity contribution in [2.24, 2.45) is 28.6 Å². The van der Waals surface area contributed by atoms with Crippen molar-refractivity contribution in [2.75, 3.05) is 0 Å². The SMILES string of the molecule is CC1CCC(NC2C3(C)CCC(C3)C2(C)C)C(C)C1. The molecular weight excluding hydrogens is 230 g/mol. The summed E-state index contributed by atoms with van der Waals surface area (Å²) < 4.78 is 0. The molecule has 6 atom stereocenters. The Hall–Kier alpha value is -0.0400. The quantitative estimate of drug-likeness (QED) is 0.767. The normalized spacial score (nSPS) is 52.6. The molecule has 0 heterocycles. The summed E-state index contributed by atoms with van der Waals surface area (Å²) in [6, 6.07) is 1.52. The van der Waals surface area contributed by atoms with Crippen LogP contribution in [0, 0.1) is 28.6 Å². The molecule has 3 fully saturated rings. The summed E-state index contributed by atoms with van der Waals surface area (Å²) in [5.41, 5.74) is 1.09. The van der Waals surface area contributed by atoms with E-state index in [9.17, 15) is 0 Å². The van der Waals surface area contributed by atoms with Gasteiger partial charge in [0.1, 0.15) is 0 Å². The minimum Gasteiger partial charge on any atom is -0.310 e. The van der Waals surface area contributed by atoms with Gasteiger partial charge in [0, 0.05) is 12.1 Å². The third kappa shape index (κ3) is 2.17. The maximum absolute atomic E-state index is 4.15. The molecule has 0 amide bonds. The molecular formula is C18H33N. The first kappa shape index (κ1) is 13.9. The Kier molecular flexibility index (Phi) is 3.28. The highest BCUT2D eigenvalue weighted by molar-refractivity contribution is 5.12. The molecule has 3 saturated carbocycles. The zero-order valence-electron chi connectivity index (χ0n) is 13.6. The van der Waals surface area contributed by atoms with Crippen molar-refractivity contribution in [1.82, 2.24) is 5.32 Å². The monoisotopic (exact) mass is 263 g/mol. The predicted molar refractivity (Wildman–Crippen MR) is 82.1 cm³/mol. The van der Waals surface area contributed by atoms with E-state index in [1.54, 1.807) is 0 Å². The molecule has 0 radical (unpaired) electrons. The Balaban J connectivity index is 1.72. The molecule has 0 spiro atoms. The van der Waals surface area contributed by atoms with Gasteiger partial charge in [-0.25, -0.2) is 0 Å². The van der Waals surface area contributed by atoms with Crippen molar-refractivity contribution >= 4 is 0 Å². The number of hydrogen-bond donors (Lipinski definition) is 1. The van der Waals surface area contributed by atoms with Gasteiger partial charge in [0.15, 0.2) is 0 Å². The first-order valence-electron chi connectivity index (χ1n) is 8.59. The highest BCUT2D eigenvalue weighted by atomic mass is 15.0. The second-order valence-electron chi connectivity index (χ2n) is 9.02. The lowest BCUT2D eigenvalue weighted by Crippen LogP contribution is -2.55.